The average molecular weight is 274 g/mol. The molecule has 2 aromatic rings. The first-order valence-corrected chi connectivity index (χ1v) is 6.56. The molecule has 5 nitrogen and oxygen atoms in total. The Hall–Kier alpha value is -1.93. The molecule has 0 amide bonds. The second-order valence-electron chi connectivity index (χ2n) is 4.69. The van der Waals surface area contributed by atoms with E-state index in [4.69, 9.17) is 16.9 Å². The van der Waals surface area contributed by atoms with Gasteiger partial charge in [0.1, 0.15) is 0 Å². The quantitative estimate of drug-likeness (QED) is 0.803. The molecule has 6 heteroatoms. The van der Waals surface area contributed by atoms with E-state index in [1.807, 2.05) is 10.9 Å². The van der Waals surface area contributed by atoms with E-state index in [0.29, 0.717) is 12.3 Å². The van der Waals surface area contributed by atoms with E-state index in [1.165, 1.54) is 12.8 Å². The molecule has 19 heavy (non-hydrogen) atoms. The van der Waals surface area contributed by atoms with Gasteiger partial charge in [-0.2, -0.15) is 10.4 Å². The van der Waals surface area contributed by atoms with Crippen LogP contribution in [0.3, 0.4) is 0 Å². The molecule has 1 fully saturated rings. The van der Waals surface area contributed by atoms with Gasteiger partial charge in [0, 0.05) is 18.0 Å². The van der Waals surface area contributed by atoms with Crippen molar-refractivity contribution in [1.82, 2.24) is 19.7 Å². The number of nitrogens with zero attached hydrogens (tertiary/aromatic N) is 5. The molecule has 0 radical (unpaired) electrons. The maximum Gasteiger partial charge on any atom is 0.222 e. The first kappa shape index (κ1) is 12.1. The summed E-state index contributed by atoms with van der Waals surface area (Å²) in [6, 6.07) is 4.21. The van der Waals surface area contributed by atoms with Crippen molar-refractivity contribution in [2.75, 3.05) is 0 Å². The molecule has 0 bridgehead atoms. The van der Waals surface area contributed by atoms with Crippen LogP contribution in [0.1, 0.15) is 25.3 Å². The fraction of sp³-hybridized carbons (Fsp3) is 0.385. The highest BCUT2D eigenvalue weighted by molar-refractivity contribution is 6.28. The molecule has 1 aliphatic rings. The summed E-state index contributed by atoms with van der Waals surface area (Å²) in [6.45, 7) is 0. The molecule has 1 unspecified atom stereocenters. The highest BCUT2D eigenvalue weighted by Crippen LogP contribution is 2.41. The molecule has 2 heterocycles. The predicted octanol–water partition coefficient (Wildman–Crippen LogP) is 2.86. The fourth-order valence-electron chi connectivity index (χ4n) is 2.20. The summed E-state index contributed by atoms with van der Waals surface area (Å²) in [6.07, 6.45) is 8.16. The minimum Gasteiger partial charge on any atom is -0.268 e. The van der Waals surface area contributed by atoms with Crippen molar-refractivity contribution >= 4 is 11.6 Å². The molecule has 1 atom stereocenters. The molecule has 0 saturated heterocycles. The third kappa shape index (κ3) is 2.59. The number of halogens is 1. The summed E-state index contributed by atoms with van der Waals surface area (Å²) in [4.78, 5) is 8.02. The Morgan fingerprint density at radius 3 is 3.05 bits per heavy atom. The van der Waals surface area contributed by atoms with Gasteiger partial charge < -0.3 is 0 Å². The van der Waals surface area contributed by atoms with Crippen molar-refractivity contribution in [1.29, 1.82) is 5.26 Å². The van der Waals surface area contributed by atoms with E-state index in [9.17, 15) is 0 Å². The van der Waals surface area contributed by atoms with Gasteiger partial charge >= 0.3 is 0 Å². The van der Waals surface area contributed by atoms with E-state index in [2.05, 4.69) is 21.1 Å². The second kappa shape index (κ2) is 4.98. The van der Waals surface area contributed by atoms with Gasteiger partial charge in [-0.3, -0.25) is 4.68 Å². The van der Waals surface area contributed by atoms with Gasteiger partial charge in [-0.15, -0.1) is 0 Å². The van der Waals surface area contributed by atoms with E-state index in [1.54, 1.807) is 18.5 Å². The summed E-state index contributed by atoms with van der Waals surface area (Å²) in [5.41, 5.74) is 1.64. The van der Waals surface area contributed by atoms with Gasteiger partial charge in [-0.25, -0.2) is 9.97 Å². The molecule has 96 valence electrons. The number of hydrogen-bond donors (Lipinski definition) is 0. The average Bonchev–Trinajstić information content (AvgIpc) is 3.13. The molecule has 2 aromatic heterocycles. The molecular formula is C13H12ClN5. The van der Waals surface area contributed by atoms with Gasteiger partial charge in [0.25, 0.3) is 0 Å². The summed E-state index contributed by atoms with van der Waals surface area (Å²) in [5, 5.41) is 13.5. The summed E-state index contributed by atoms with van der Waals surface area (Å²) in [5.74, 6) is 0.585. The van der Waals surface area contributed by atoms with Gasteiger partial charge in [0.05, 0.1) is 30.4 Å². The molecule has 1 saturated carbocycles. The van der Waals surface area contributed by atoms with Crippen LogP contribution >= 0.6 is 11.6 Å². The van der Waals surface area contributed by atoms with Crippen LogP contribution in [0.25, 0.3) is 11.3 Å². The first-order chi connectivity index (χ1) is 9.28. The lowest BCUT2D eigenvalue weighted by Gasteiger charge is -2.12. The Labute approximate surface area is 115 Å². The summed E-state index contributed by atoms with van der Waals surface area (Å²) in [7, 11) is 0. The fourth-order valence-corrected chi connectivity index (χ4v) is 2.35. The monoisotopic (exact) mass is 273 g/mol. The predicted molar refractivity (Wildman–Crippen MR) is 70.3 cm³/mol. The summed E-state index contributed by atoms with van der Waals surface area (Å²) >= 11 is 5.78. The van der Waals surface area contributed by atoms with E-state index < -0.39 is 0 Å². The van der Waals surface area contributed by atoms with Crippen LogP contribution in [-0.2, 0) is 0 Å². The zero-order valence-electron chi connectivity index (χ0n) is 10.2. The van der Waals surface area contributed by atoms with Crippen molar-refractivity contribution in [3.63, 3.8) is 0 Å². The van der Waals surface area contributed by atoms with Crippen LogP contribution in [0.2, 0.25) is 5.28 Å². The van der Waals surface area contributed by atoms with E-state index in [-0.39, 0.29) is 11.3 Å². The van der Waals surface area contributed by atoms with Crippen molar-refractivity contribution < 1.29 is 0 Å². The SMILES string of the molecule is N#CCC(C1CC1)n1cc(-c2ccnc(Cl)n2)cn1. The Bertz CT molecular complexity index is 626. The van der Waals surface area contributed by atoms with Gasteiger partial charge in [0.2, 0.25) is 5.28 Å². The van der Waals surface area contributed by atoms with Crippen molar-refractivity contribution in [3.05, 3.63) is 29.9 Å². The largest absolute Gasteiger partial charge is 0.268 e. The molecular weight excluding hydrogens is 262 g/mol. The van der Waals surface area contributed by atoms with Crippen LogP contribution in [0.5, 0.6) is 0 Å². The number of hydrogen-bond acceptors (Lipinski definition) is 4. The Morgan fingerprint density at radius 2 is 2.37 bits per heavy atom. The van der Waals surface area contributed by atoms with Crippen molar-refractivity contribution in [2.24, 2.45) is 5.92 Å². The highest BCUT2D eigenvalue weighted by atomic mass is 35.5. The first-order valence-electron chi connectivity index (χ1n) is 6.18. The van der Waals surface area contributed by atoms with Crippen molar-refractivity contribution in [2.45, 2.75) is 25.3 Å². The lowest BCUT2D eigenvalue weighted by molar-refractivity contribution is 0.412. The molecule has 1 aliphatic carbocycles. The number of aromatic nitrogens is 4. The van der Waals surface area contributed by atoms with Crippen LogP contribution < -0.4 is 0 Å². The smallest absolute Gasteiger partial charge is 0.222 e. The normalized spacial score (nSPS) is 16.0. The highest BCUT2D eigenvalue weighted by Gasteiger charge is 2.32. The van der Waals surface area contributed by atoms with Crippen LogP contribution in [0.15, 0.2) is 24.7 Å². The Balaban J connectivity index is 1.88. The molecule has 0 aromatic carbocycles. The van der Waals surface area contributed by atoms with Gasteiger partial charge in [-0.05, 0) is 36.4 Å². The van der Waals surface area contributed by atoms with Gasteiger partial charge in [-0.1, -0.05) is 0 Å². The Kier molecular flexibility index (Phi) is 3.18. The topological polar surface area (TPSA) is 67.4 Å². The Morgan fingerprint density at radius 1 is 1.53 bits per heavy atom. The zero-order chi connectivity index (χ0) is 13.2. The van der Waals surface area contributed by atoms with E-state index >= 15 is 0 Å². The van der Waals surface area contributed by atoms with Crippen molar-refractivity contribution in [3.8, 4) is 17.3 Å². The molecule has 0 N–H and O–H groups in total. The molecule has 3 rings (SSSR count). The number of rotatable bonds is 4. The van der Waals surface area contributed by atoms with Gasteiger partial charge in [0.15, 0.2) is 0 Å². The lowest BCUT2D eigenvalue weighted by atomic mass is 10.1. The standard InChI is InChI=1S/C13H12ClN5/c14-13-16-6-4-11(18-13)10-7-17-19(8-10)12(3-5-15)9-1-2-9/h4,6-9,12H,1-3H2. The summed E-state index contributed by atoms with van der Waals surface area (Å²) < 4.78 is 1.88. The number of nitriles is 1. The zero-order valence-corrected chi connectivity index (χ0v) is 11.0. The second-order valence-corrected chi connectivity index (χ2v) is 5.03. The van der Waals surface area contributed by atoms with Crippen LogP contribution in [0, 0.1) is 17.2 Å². The minimum absolute atomic E-state index is 0.177. The maximum atomic E-state index is 8.91. The molecule has 0 aliphatic heterocycles. The van der Waals surface area contributed by atoms with Crippen LogP contribution in [-0.4, -0.2) is 19.7 Å². The minimum atomic E-state index is 0.177. The van der Waals surface area contributed by atoms with Crippen LogP contribution in [0.4, 0.5) is 0 Å². The third-order valence-electron chi connectivity index (χ3n) is 3.33. The lowest BCUT2D eigenvalue weighted by Crippen LogP contribution is -2.10. The molecule has 0 spiro atoms. The van der Waals surface area contributed by atoms with E-state index in [0.717, 1.165) is 11.3 Å². The third-order valence-corrected chi connectivity index (χ3v) is 3.51. The maximum absolute atomic E-state index is 8.91.